The normalized spacial score (nSPS) is 29.9. The number of aliphatic hydroxyl groups is 1. The lowest BCUT2D eigenvalue weighted by Gasteiger charge is -2.52. The minimum Gasteiger partial charge on any atom is -0.433 e. The summed E-state index contributed by atoms with van der Waals surface area (Å²) in [7, 11) is 6.79. The van der Waals surface area contributed by atoms with E-state index in [0.29, 0.717) is 16.1 Å². The molecule has 2 fully saturated rings. The van der Waals surface area contributed by atoms with Crippen molar-refractivity contribution in [1.29, 1.82) is 0 Å². The molecule has 3 aliphatic carbocycles. The lowest BCUT2D eigenvalue weighted by molar-refractivity contribution is -0.181. The number of benzene rings is 1. The Hall–Kier alpha value is -3.81. The van der Waals surface area contributed by atoms with E-state index < -0.39 is 64.4 Å². The van der Waals surface area contributed by atoms with Crippen LogP contribution >= 0.6 is 11.3 Å². The van der Waals surface area contributed by atoms with E-state index in [-0.39, 0.29) is 29.9 Å². The summed E-state index contributed by atoms with van der Waals surface area (Å²) in [6.07, 6.45) is 1.91. The molecular weight excluding hydrogens is 538 g/mol. The minimum atomic E-state index is -2.72. The van der Waals surface area contributed by atoms with Crippen molar-refractivity contribution >= 4 is 57.2 Å². The van der Waals surface area contributed by atoms with Crippen LogP contribution in [0.1, 0.15) is 22.3 Å². The number of nitrogens with zero attached hydrogens (tertiary/aromatic N) is 4. The van der Waals surface area contributed by atoms with E-state index >= 15 is 0 Å². The number of oxazole rings is 1. The number of carbonyl (C=O) groups excluding carboxylic acids is 5. The largest absolute Gasteiger partial charge is 0.433 e. The number of aromatic nitrogens is 2. The van der Waals surface area contributed by atoms with Crippen molar-refractivity contribution in [3.05, 3.63) is 28.8 Å². The van der Waals surface area contributed by atoms with E-state index in [0.717, 1.165) is 5.69 Å². The monoisotopic (exact) mass is 565 g/mol. The molecule has 0 bridgehead atoms. The van der Waals surface area contributed by atoms with Gasteiger partial charge in [0.2, 0.25) is 5.91 Å². The van der Waals surface area contributed by atoms with Crippen LogP contribution in [0.25, 0.3) is 22.0 Å². The lowest BCUT2D eigenvalue weighted by Crippen LogP contribution is -2.74. The molecule has 12 nitrogen and oxygen atoms in total. The van der Waals surface area contributed by atoms with E-state index in [1.54, 1.807) is 25.7 Å². The molecule has 0 saturated heterocycles. The molecule has 2 saturated carbocycles. The van der Waals surface area contributed by atoms with Crippen LogP contribution in [0.2, 0.25) is 0 Å². The quantitative estimate of drug-likeness (QED) is 0.421. The summed E-state index contributed by atoms with van der Waals surface area (Å²) in [4.78, 5) is 79.3. The summed E-state index contributed by atoms with van der Waals surface area (Å²) in [5.74, 6) is -9.73. The van der Waals surface area contributed by atoms with Crippen LogP contribution in [-0.2, 0) is 25.6 Å². The standard InChI is InChI=1S/C27H27N5O7S/c1-31(2)14-9-13-21(39-25(30-13)26-29-5-6-40-26)16-11(14)7-10-8-12-18(32(3)4)20(34)17(24(28)37)23(36)27(12,38)22(35)15(10)19(16)33/h5-6,9-10,12,15,17-18,38H,7-8H2,1-4H3,(H2,28,37)/t10-,12-,15?,17?,18-,27-/m0/s1. The Kier molecular flexibility index (Phi) is 5.84. The van der Waals surface area contributed by atoms with Gasteiger partial charge in [-0.05, 0) is 44.5 Å². The third kappa shape index (κ3) is 3.40. The number of hydrogen-bond donors (Lipinski definition) is 2. The number of amides is 1. The molecule has 13 heteroatoms. The SMILES string of the molecule is CN(C)c1cc2nc(-c3nccs3)oc2c2c1C[C@H]1C[C@H]3[C@H](N(C)C)C(=O)C(C(N)=O)C(=O)[C@@]3(O)C(=O)C1C2=O. The average Bonchev–Trinajstić information content (AvgIpc) is 3.55. The fourth-order valence-corrected chi connectivity index (χ4v) is 7.42. The molecule has 0 radical (unpaired) electrons. The number of Topliss-reactive ketones (excluding diaryl/α,β-unsaturated/α-hetero) is 4. The van der Waals surface area contributed by atoms with Crippen molar-refractivity contribution in [1.82, 2.24) is 14.9 Å². The first-order valence-electron chi connectivity index (χ1n) is 12.8. The third-order valence-electron chi connectivity index (χ3n) is 8.52. The number of ketones is 4. The minimum absolute atomic E-state index is 0.0373. The highest BCUT2D eigenvalue weighted by Gasteiger charge is 2.69. The Morgan fingerprint density at radius 3 is 2.50 bits per heavy atom. The van der Waals surface area contributed by atoms with E-state index in [2.05, 4.69) is 9.97 Å². The molecule has 2 aromatic heterocycles. The number of hydrogen-bond acceptors (Lipinski definition) is 12. The van der Waals surface area contributed by atoms with Gasteiger partial charge in [0.05, 0.1) is 17.5 Å². The predicted octanol–water partition coefficient (Wildman–Crippen LogP) is 0.492. The molecule has 0 aliphatic heterocycles. The molecule has 208 valence electrons. The summed E-state index contributed by atoms with van der Waals surface area (Å²) in [5.41, 5.74) is 4.82. The van der Waals surface area contributed by atoms with Gasteiger partial charge in [0, 0.05) is 37.3 Å². The molecule has 6 atom stereocenters. The van der Waals surface area contributed by atoms with Crippen LogP contribution in [0.3, 0.4) is 0 Å². The van der Waals surface area contributed by atoms with Gasteiger partial charge in [-0.25, -0.2) is 9.97 Å². The first kappa shape index (κ1) is 26.4. The van der Waals surface area contributed by atoms with Crippen LogP contribution in [-0.4, -0.2) is 88.8 Å². The molecule has 2 heterocycles. The molecule has 1 aromatic carbocycles. The summed E-state index contributed by atoms with van der Waals surface area (Å²) in [6, 6.07) is 0.699. The van der Waals surface area contributed by atoms with Crippen molar-refractivity contribution < 1.29 is 33.5 Å². The number of likely N-dealkylation sites (N-methyl/N-ethyl adjacent to an activating group) is 1. The van der Waals surface area contributed by atoms with Gasteiger partial charge in [-0.2, -0.15) is 0 Å². The predicted molar refractivity (Wildman–Crippen MR) is 143 cm³/mol. The maximum atomic E-state index is 14.2. The second-order valence-corrected chi connectivity index (χ2v) is 12.0. The molecule has 3 aliphatic rings. The summed E-state index contributed by atoms with van der Waals surface area (Å²) < 4.78 is 6.04. The third-order valence-corrected chi connectivity index (χ3v) is 9.28. The van der Waals surface area contributed by atoms with E-state index in [9.17, 15) is 29.1 Å². The molecule has 3 N–H and O–H groups in total. The van der Waals surface area contributed by atoms with Crippen LogP contribution in [0.5, 0.6) is 0 Å². The topological polar surface area (TPSA) is 177 Å². The Morgan fingerprint density at radius 2 is 1.90 bits per heavy atom. The van der Waals surface area contributed by atoms with Gasteiger partial charge in [-0.15, -0.1) is 11.3 Å². The van der Waals surface area contributed by atoms with Gasteiger partial charge in [-0.3, -0.25) is 28.9 Å². The van der Waals surface area contributed by atoms with Gasteiger partial charge >= 0.3 is 0 Å². The van der Waals surface area contributed by atoms with E-state index in [1.165, 1.54) is 16.2 Å². The Morgan fingerprint density at radius 1 is 1.18 bits per heavy atom. The van der Waals surface area contributed by atoms with Crippen molar-refractivity contribution in [3.8, 4) is 10.9 Å². The van der Waals surface area contributed by atoms with Crippen LogP contribution in [0.15, 0.2) is 22.1 Å². The van der Waals surface area contributed by atoms with Gasteiger partial charge in [0.15, 0.2) is 45.2 Å². The van der Waals surface area contributed by atoms with Crippen molar-refractivity contribution in [2.24, 2.45) is 29.4 Å². The number of carbonyl (C=O) groups is 5. The zero-order valence-corrected chi connectivity index (χ0v) is 23.0. The van der Waals surface area contributed by atoms with Crippen molar-refractivity contribution in [2.45, 2.75) is 24.5 Å². The van der Waals surface area contributed by atoms with Gasteiger partial charge < -0.3 is 20.2 Å². The summed E-state index contributed by atoms with van der Waals surface area (Å²) in [5, 5.41) is 14.1. The molecule has 1 amide bonds. The summed E-state index contributed by atoms with van der Waals surface area (Å²) >= 11 is 1.32. The fourth-order valence-electron chi connectivity index (χ4n) is 6.86. The number of nitrogens with two attached hydrogens (primary N) is 1. The number of rotatable bonds is 4. The van der Waals surface area contributed by atoms with Gasteiger partial charge in [0.25, 0.3) is 5.89 Å². The highest BCUT2D eigenvalue weighted by molar-refractivity contribution is 7.12. The zero-order valence-electron chi connectivity index (χ0n) is 22.2. The zero-order chi connectivity index (χ0) is 28.8. The second kappa shape index (κ2) is 8.85. The van der Waals surface area contributed by atoms with E-state index in [1.807, 2.05) is 25.1 Å². The number of anilines is 1. The first-order valence-corrected chi connectivity index (χ1v) is 13.6. The summed E-state index contributed by atoms with van der Waals surface area (Å²) in [6.45, 7) is 0. The Labute approximate surface area is 232 Å². The van der Waals surface area contributed by atoms with Crippen LogP contribution in [0.4, 0.5) is 5.69 Å². The molecule has 6 rings (SSSR count). The maximum Gasteiger partial charge on any atom is 0.256 e. The van der Waals surface area contributed by atoms with Crippen molar-refractivity contribution in [2.75, 3.05) is 33.1 Å². The molecule has 3 aromatic rings. The van der Waals surface area contributed by atoms with Gasteiger partial charge in [0.1, 0.15) is 5.52 Å². The molecule has 0 spiro atoms. The maximum absolute atomic E-state index is 14.2. The second-order valence-electron chi connectivity index (χ2n) is 11.1. The first-order chi connectivity index (χ1) is 18.9. The van der Waals surface area contributed by atoms with Gasteiger partial charge in [-0.1, -0.05) is 0 Å². The fraction of sp³-hybridized carbons (Fsp3) is 0.444. The average molecular weight is 566 g/mol. The number of fused-ring (bicyclic) bond motifs is 5. The smallest absolute Gasteiger partial charge is 0.256 e. The van der Waals surface area contributed by atoms with Crippen molar-refractivity contribution in [3.63, 3.8) is 0 Å². The van der Waals surface area contributed by atoms with E-state index in [4.69, 9.17) is 10.2 Å². The van der Waals surface area contributed by atoms with Crippen LogP contribution in [0, 0.1) is 23.7 Å². The molecule has 40 heavy (non-hydrogen) atoms. The lowest BCUT2D eigenvalue weighted by atomic mass is 9.52. The highest BCUT2D eigenvalue weighted by Crippen LogP contribution is 2.51. The van der Waals surface area contributed by atoms with Crippen LogP contribution < -0.4 is 10.6 Å². The number of thiazole rings is 1. The molecular formula is C27H27N5O7S. The molecule has 2 unspecified atom stereocenters. The number of primary amides is 1. The Balaban J connectivity index is 1.53. The highest BCUT2D eigenvalue weighted by atomic mass is 32.1. The Bertz CT molecular complexity index is 1630.